The Hall–Kier alpha value is -6.07. The molecule has 0 saturated heterocycles. The fraction of sp³-hybridized carbons (Fsp3) is 0.206. The van der Waals surface area contributed by atoms with Crippen LogP contribution in [0.2, 0.25) is 0 Å². The SMILES string of the molecule is Cc1cc2c3c(c1)N(c1ccc(C(C)(C)C)cc1)c1c(sc4ccc(C(C)(C)C)cc14)B3c1cc[c]([Ge]([c]3ccccc3)([c]3ccccc3)[c]3ccccc3)cc1N2c1ccc(C(C)(C)C)cc1. The molecule has 2 aliphatic rings. The summed E-state index contributed by atoms with van der Waals surface area (Å²) in [6.07, 6.45) is 0. The molecule has 0 amide bonds. The Kier molecular flexibility index (Phi) is 10.6. The Labute approximate surface area is 411 Å². The second kappa shape index (κ2) is 16.3. The van der Waals surface area contributed by atoms with Crippen molar-refractivity contribution in [3.8, 4) is 0 Å². The van der Waals surface area contributed by atoms with Gasteiger partial charge in [-0.1, -0.05) is 20.8 Å². The molecule has 2 aliphatic heterocycles. The molecule has 336 valence electrons. The van der Waals surface area contributed by atoms with Crippen LogP contribution in [0.4, 0.5) is 34.1 Å². The topological polar surface area (TPSA) is 6.48 Å². The van der Waals surface area contributed by atoms with E-state index >= 15 is 0 Å². The molecule has 1 aromatic heterocycles. The van der Waals surface area contributed by atoms with E-state index in [4.69, 9.17) is 0 Å². The maximum absolute atomic E-state index is 3.68. The maximum atomic E-state index is 2.63. The van der Waals surface area contributed by atoms with Gasteiger partial charge in [-0.2, -0.15) is 0 Å². The molecule has 0 atom stereocenters. The predicted molar refractivity (Wildman–Crippen MR) is 300 cm³/mol. The van der Waals surface area contributed by atoms with Crippen LogP contribution in [0.5, 0.6) is 0 Å². The molecule has 68 heavy (non-hydrogen) atoms. The van der Waals surface area contributed by atoms with Crippen LogP contribution < -0.4 is 43.1 Å². The molecule has 11 rings (SSSR count). The average Bonchev–Trinajstić information content (AvgIpc) is 3.70. The molecule has 0 saturated carbocycles. The molecular weight excluding hydrogens is 900 g/mol. The van der Waals surface area contributed by atoms with E-state index in [-0.39, 0.29) is 23.0 Å². The van der Waals surface area contributed by atoms with Crippen molar-refractivity contribution in [1.29, 1.82) is 0 Å². The summed E-state index contributed by atoms with van der Waals surface area (Å²) in [5.74, 6) is 0. The summed E-state index contributed by atoms with van der Waals surface area (Å²) in [6, 6.07) is 73.1. The van der Waals surface area contributed by atoms with E-state index in [9.17, 15) is 0 Å². The third-order valence-electron chi connectivity index (χ3n) is 14.7. The zero-order valence-electron chi connectivity index (χ0n) is 41.3. The number of anilines is 6. The van der Waals surface area contributed by atoms with Crippen LogP contribution in [0, 0.1) is 6.92 Å². The van der Waals surface area contributed by atoms with Crippen molar-refractivity contribution in [3.05, 3.63) is 210 Å². The van der Waals surface area contributed by atoms with Crippen molar-refractivity contribution in [1.82, 2.24) is 0 Å². The van der Waals surface area contributed by atoms with Crippen molar-refractivity contribution < 1.29 is 0 Å². The first-order valence-electron chi connectivity index (χ1n) is 24.4. The van der Waals surface area contributed by atoms with E-state index in [1.807, 2.05) is 11.3 Å². The van der Waals surface area contributed by atoms with Crippen LogP contribution in [-0.4, -0.2) is 20.0 Å². The van der Waals surface area contributed by atoms with Crippen LogP contribution in [-0.2, 0) is 16.2 Å². The van der Waals surface area contributed by atoms with E-state index in [1.54, 1.807) is 0 Å². The number of nitrogens with zero attached hydrogens (tertiary/aromatic N) is 2. The van der Waals surface area contributed by atoms with Crippen molar-refractivity contribution >= 4 is 109 Å². The molecule has 9 aromatic rings. The van der Waals surface area contributed by atoms with Crippen molar-refractivity contribution in [2.45, 2.75) is 85.5 Å². The van der Waals surface area contributed by atoms with Gasteiger partial charge in [0.25, 0.3) is 0 Å². The minimum atomic E-state index is -3.68. The zero-order chi connectivity index (χ0) is 47.3. The van der Waals surface area contributed by atoms with Gasteiger partial charge in [0.15, 0.2) is 0 Å². The molecule has 0 spiro atoms. The predicted octanol–water partition coefficient (Wildman–Crippen LogP) is 12.6. The van der Waals surface area contributed by atoms with E-state index < -0.39 is 13.3 Å². The third-order valence-corrected chi connectivity index (χ3v) is 26.0. The fourth-order valence-corrected chi connectivity index (χ4v) is 22.4. The van der Waals surface area contributed by atoms with Crippen LogP contribution in [0.25, 0.3) is 10.1 Å². The summed E-state index contributed by atoms with van der Waals surface area (Å²) in [6.45, 7) is 23.2. The first-order chi connectivity index (χ1) is 32.5. The molecular formula is C63H61BGeN2S. The summed E-state index contributed by atoms with van der Waals surface area (Å²) >= 11 is -1.70. The van der Waals surface area contributed by atoms with Gasteiger partial charge in [0, 0.05) is 0 Å². The van der Waals surface area contributed by atoms with E-state index in [0.717, 1.165) is 0 Å². The van der Waals surface area contributed by atoms with Crippen LogP contribution in [0.3, 0.4) is 0 Å². The summed E-state index contributed by atoms with van der Waals surface area (Å²) in [5, 5.41) is 1.33. The normalized spacial score (nSPS) is 13.6. The number of aryl methyl sites for hydroxylation is 1. The molecule has 3 heterocycles. The number of benzene rings is 8. The molecule has 0 bridgehead atoms. The van der Waals surface area contributed by atoms with Gasteiger partial charge in [-0.15, -0.1) is 0 Å². The molecule has 2 nitrogen and oxygen atoms in total. The third kappa shape index (κ3) is 7.21. The summed E-state index contributed by atoms with van der Waals surface area (Å²) in [7, 11) is 0. The van der Waals surface area contributed by atoms with Gasteiger partial charge in [-0.3, -0.25) is 0 Å². The van der Waals surface area contributed by atoms with Gasteiger partial charge < -0.3 is 0 Å². The van der Waals surface area contributed by atoms with E-state index in [1.165, 1.54) is 99.8 Å². The molecule has 0 fully saturated rings. The van der Waals surface area contributed by atoms with Crippen LogP contribution >= 0.6 is 11.3 Å². The van der Waals surface area contributed by atoms with Crippen molar-refractivity contribution in [3.63, 3.8) is 0 Å². The fourth-order valence-electron chi connectivity index (χ4n) is 11.1. The molecule has 0 aliphatic carbocycles. The summed E-state index contributed by atoms with van der Waals surface area (Å²) < 4.78 is 8.42. The molecule has 8 aromatic carbocycles. The Bertz CT molecular complexity index is 3240. The van der Waals surface area contributed by atoms with E-state index in [0.29, 0.717) is 0 Å². The van der Waals surface area contributed by atoms with Gasteiger partial charge in [0.2, 0.25) is 0 Å². The Morgan fingerprint density at radius 3 is 1.37 bits per heavy atom. The van der Waals surface area contributed by atoms with Gasteiger partial charge in [0.05, 0.1) is 0 Å². The number of hydrogen-bond acceptors (Lipinski definition) is 3. The second-order valence-corrected chi connectivity index (χ2v) is 31.4. The number of fused-ring (bicyclic) bond motifs is 6. The van der Waals surface area contributed by atoms with Gasteiger partial charge >= 0.3 is 388 Å². The van der Waals surface area contributed by atoms with Crippen molar-refractivity contribution in [2.75, 3.05) is 9.80 Å². The number of hydrogen-bond donors (Lipinski definition) is 0. The molecule has 0 radical (unpaired) electrons. The average molecular weight is 962 g/mol. The Balaban J connectivity index is 1.25. The second-order valence-electron chi connectivity index (χ2n) is 22.3. The molecule has 0 N–H and O–H groups in total. The Morgan fingerprint density at radius 2 is 0.882 bits per heavy atom. The standard InChI is InChI=1S/C63H61BGeN2S/c1-42-38-55-58-56(39-42)67(51-34-28-44(29-35-51)62(5,6)7)59-52-40-45(63(8,9)10)30-37-57(52)68-60(59)64(58)53-36-31-49(41-54(53)66(55)50-32-26-43(27-33-50)61(2,3)4)65(46-20-14-11-15-21-46,47-22-16-12-17-23-47)48-24-18-13-19-25-48/h11-41H,1-10H3. The minimum absolute atomic E-state index is 0.00339. The van der Waals surface area contributed by atoms with Gasteiger partial charge in [0.1, 0.15) is 0 Å². The first-order valence-corrected chi connectivity index (χ1v) is 29.4. The number of rotatable bonds is 6. The van der Waals surface area contributed by atoms with E-state index in [2.05, 4.69) is 267 Å². The quantitative estimate of drug-likeness (QED) is 0.153. The van der Waals surface area contributed by atoms with Crippen LogP contribution in [0.1, 0.15) is 84.6 Å². The number of thiophene rings is 1. The van der Waals surface area contributed by atoms with Crippen LogP contribution in [0.15, 0.2) is 188 Å². The first kappa shape index (κ1) is 44.4. The van der Waals surface area contributed by atoms with Gasteiger partial charge in [-0.25, -0.2) is 0 Å². The van der Waals surface area contributed by atoms with Crippen molar-refractivity contribution in [2.24, 2.45) is 0 Å². The van der Waals surface area contributed by atoms with Gasteiger partial charge in [-0.05, 0) is 5.41 Å². The monoisotopic (exact) mass is 962 g/mol. The summed E-state index contributed by atoms with van der Waals surface area (Å²) in [5.41, 5.74) is 15.5. The Morgan fingerprint density at radius 1 is 0.426 bits per heavy atom. The molecule has 0 unspecified atom stereocenters. The summed E-state index contributed by atoms with van der Waals surface area (Å²) in [4.78, 5) is 5.24. The zero-order valence-corrected chi connectivity index (χ0v) is 44.2. The molecule has 5 heteroatoms.